The van der Waals surface area contributed by atoms with Crippen molar-refractivity contribution in [2.24, 2.45) is 5.92 Å². The predicted molar refractivity (Wildman–Crippen MR) is 145 cm³/mol. The highest BCUT2D eigenvalue weighted by atomic mass is 35.5. The van der Waals surface area contributed by atoms with Gasteiger partial charge in [0.15, 0.2) is 0 Å². The molecule has 0 atom stereocenters. The summed E-state index contributed by atoms with van der Waals surface area (Å²) in [7, 11) is -3.52. The van der Waals surface area contributed by atoms with Crippen molar-refractivity contribution in [1.82, 2.24) is 14.1 Å². The van der Waals surface area contributed by atoms with E-state index in [1.807, 2.05) is 4.90 Å². The molecule has 9 nitrogen and oxygen atoms in total. The van der Waals surface area contributed by atoms with Gasteiger partial charge < -0.3 is 15.4 Å². The summed E-state index contributed by atoms with van der Waals surface area (Å²) in [6.45, 7) is 1.89. The van der Waals surface area contributed by atoms with Gasteiger partial charge >= 0.3 is 5.56 Å². The lowest BCUT2D eigenvalue weighted by Gasteiger charge is -2.36. The van der Waals surface area contributed by atoms with E-state index in [9.17, 15) is 13.2 Å². The molecule has 0 unspecified atom stereocenters. The van der Waals surface area contributed by atoms with Gasteiger partial charge in [-0.1, -0.05) is 36.2 Å². The van der Waals surface area contributed by atoms with Gasteiger partial charge in [0.25, 0.3) is 0 Å². The molecule has 2 fully saturated rings. The minimum atomic E-state index is -3.52. The molecule has 2 heterocycles. The van der Waals surface area contributed by atoms with Crippen molar-refractivity contribution in [2.75, 3.05) is 43.4 Å². The van der Waals surface area contributed by atoms with E-state index in [-0.39, 0.29) is 17.1 Å². The first-order chi connectivity index (χ1) is 17.8. The molecule has 3 aromatic rings. The average Bonchev–Trinajstić information content (AvgIpc) is 2.84. The topological polar surface area (TPSA) is 111 Å². The number of anilines is 2. The molecule has 1 aliphatic heterocycles. The van der Waals surface area contributed by atoms with E-state index in [1.165, 1.54) is 15.4 Å². The summed E-state index contributed by atoms with van der Waals surface area (Å²) in [5.74, 6) is 0.567. The lowest BCUT2D eigenvalue weighted by Crippen LogP contribution is -2.49. The maximum Gasteiger partial charge on any atom is 0.316 e. The fraction of sp³-hybridized carbons (Fsp3) is 0.385. The first kappa shape index (κ1) is 25.6. The molecule has 2 N–H and O–H groups in total. The predicted octanol–water partition coefficient (Wildman–Crippen LogP) is 3.30. The van der Waals surface area contributed by atoms with Gasteiger partial charge in [-0.3, -0.25) is 4.79 Å². The Morgan fingerprint density at radius 2 is 1.81 bits per heavy atom. The highest BCUT2D eigenvalue weighted by molar-refractivity contribution is 7.88. The van der Waals surface area contributed by atoms with Crippen LogP contribution in [0.3, 0.4) is 0 Å². The van der Waals surface area contributed by atoms with E-state index >= 15 is 0 Å². The number of piperazine rings is 1. The highest BCUT2D eigenvalue weighted by Gasteiger charge is 2.30. The summed E-state index contributed by atoms with van der Waals surface area (Å²) >= 11 is 6.14. The first-order valence-corrected chi connectivity index (χ1v) is 14.4. The number of hydrogen-bond acceptors (Lipinski definition) is 7. The summed E-state index contributed by atoms with van der Waals surface area (Å²) in [6.07, 6.45) is 4.98. The van der Waals surface area contributed by atoms with Crippen LogP contribution in [0.2, 0.25) is 5.02 Å². The molecular weight excluding hydrogens is 514 g/mol. The molecule has 37 heavy (non-hydrogen) atoms. The molecule has 196 valence electrons. The Balaban J connectivity index is 1.36. The summed E-state index contributed by atoms with van der Waals surface area (Å²) in [4.78, 5) is 15.5. The lowest BCUT2D eigenvalue weighted by molar-refractivity contribution is 0.178. The van der Waals surface area contributed by atoms with Crippen LogP contribution in [0.4, 0.5) is 11.4 Å². The molecule has 1 aromatic heterocycles. The molecule has 5 rings (SSSR count). The van der Waals surface area contributed by atoms with Crippen molar-refractivity contribution in [1.29, 1.82) is 0 Å². The van der Waals surface area contributed by atoms with Gasteiger partial charge in [-0.05, 0) is 54.7 Å². The maximum atomic E-state index is 13.5. The van der Waals surface area contributed by atoms with Crippen LogP contribution >= 0.6 is 11.6 Å². The number of nitrogens with two attached hydrogens (primary N) is 1. The van der Waals surface area contributed by atoms with E-state index in [2.05, 4.69) is 5.10 Å². The first-order valence-electron chi connectivity index (χ1n) is 12.4. The Kier molecular flexibility index (Phi) is 7.41. The molecule has 2 aromatic carbocycles. The fourth-order valence-electron chi connectivity index (χ4n) is 4.63. The third-order valence-corrected chi connectivity index (χ3v) is 9.01. The molecule has 11 heteroatoms. The minimum absolute atomic E-state index is 0.106. The fourth-order valence-corrected chi connectivity index (χ4v) is 6.32. The molecule has 0 amide bonds. The summed E-state index contributed by atoms with van der Waals surface area (Å²) < 4.78 is 35.0. The second-order valence-corrected chi connectivity index (χ2v) is 12.0. The number of hydrogen-bond donors (Lipinski definition) is 1. The Labute approximate surface area is 221 Å². The zero-order valence-corrected chi connectivity index (χ0v) is 22.0. The van der Waals surface area contributed by atoms with Crippen LogP contribution in [0.1, 0.15) is 24.8 Å². The zero-order valence-electron chi connectivity index (χ0n) is 20.4. The van der Waals surface area contributed by atoms with Crippen LogP contribution in [0.15, 0.2) is 59.5 Å². The number of sulfonamides is 1. The van der Waals surface area contributed by atoms with Crippen molar-refractivity contribution in [3.8, 4) is 11.4 Å². The van der Waals surface area contributed by atoms with Crippen LogP contribution in [0.25, 0.3) is 5.69 Å². The van der Waals surface area contributed by atoms with E-state index in [1.54, 1.807) is 54.7 Å². The second kappa shape index (κ2) is 10.7. The van der Waals surface area contributed by atoms with Gasteiger partial charge in [0.1, 0.15) is 5.69 Å². The molecule has 1 saturated heterocycles. The number of nitrogens with zero attached hydrogens (tertiary/aromatic N) is 4. The van der Waals surface area contributed by atoms with Crippen molar-refractivity contribution >= 4 is 33.0 Å². The van der Waals surface area contributed by atoms with Gasteiger partial charge in [0, 0.05) is 36.9 Å². The number of halogens is 1. The average molecular weight is 544 g/mol. The van der Waals surface area contributed by atoms with Crippen molar-refractivity contribution in [3.05, 3.63) is 75.7 Å². The highest BCUT2D eigenvalue weighted by Crippen LogP contribution is 2.30. The SMILES string of the molecule is Nc1cccc(CS(=O)(=O)N2CCN(c3cnn(-c4cccc(Cl)c4)c(=O)c3OCC3CCC3)CC2)c1. The third-order valence-electron chi connectivity index (χ3n) is 6.93. The van der Waals surface area contributed by atoms with Crippen LogP contribution in [0, 0.1) is 5.92 Å². The maximum absolute atomic E-state index is 13.5. The molecule has 0 radical (unpaired) electrons. The number of ether oxygens (including phenoxy) is 1. The zero-order chi connectivity index (χ0) is 26.0. The normalized spacial score (nSPS) is 16.9. The van der Waals surface area contributed by atoms with Gasteiger partial charge in [-0.15, -0.1) is 0 Å². The van der Waals surface area contributed by atoms with Crippen molar-refractivity contribution in [3.63, 3.8) is 0 Å². The summed E-state index contributed by atoms with van der Waals surface area (Å²) in [5, 5.41) is 4.90. The molecule has 0 spiro atoms. The molecule has 2 aliphatic rings. The Hall–Kier alpha value is -3.08. The van der Waals surface area contributed by atoms with Crippen LogP contribution in [-0.4, -0.2) is 55.3 Å². The number of aromatic nitrogens is 2. The minimum Gasteiger partial charge on any atom is -0.486 e. The van der Waals surface area contributed by atoms with Crippen molar-refractivity contribution < 1.29 is 13.2 Å². The third kappa shape index (κ3) is 5.76. The lowest BCUT2D eigenvalue weighted by atomic mass is 9.86. The Bertz CT molecular complexity index is 1430. The Morgan fingerprint density at radius 3 is 2.49 bits per heavy atom. The number of benzene rings is 2. The quantitative estimate of drug-likeness (QED) is 0.434. The summed E-state index contributed by atoms with van der Waals surface area (Å²) in [5.41, 5.74) is 7.76. The number of rotatable bonds is 8. The molecular formula is C26H30ClN5O4S. The van der Waals surface area contributed by atoms with Crippen LogP contribution in [-0.2, 0) is 15.8 Å². The van der Waals surface area contributed by atoms with E-state index in [0.29, 0.717) is 66.4 Å². The molecule has 1 aliphatic carbocycles. The van der Waals surface area contributed by atoms with Gasteiger partial charge in [-0.2, -0.15) is 14.1 Å². The standard InChI is InChI=1S/C26H30ClN5O4S/c27-21-7-3-9-23(15-21)32-26(33)25(36-17-19-4-1-5-19)24(16-29-32)30-10-12-31(13-11-30)37(34,35)18-20-6-2-8-22(28)14-20/h2-3,6-9,14-16,19H,1,4-5,10-13,17-18,28H2. The van der Waals surface area contributed by atoms with E-state index < -0.39 is 10.0 Å². The summed E-state index contributed by atoms with van der Waals surface area (Å²) in [6, 6.07) is 13.9. The van der Waals surface area contributed by atoms with E-state index in [4.69, 9.17) is 22.1 Å². The van der Waals surface area contributed by atoms with Gasteiger partial charge in [0.05, 0.1) is 24.2 Å². The van der Waals surface area contributed by atoms with Gasteiger partial charge in [0.2, 0.25) is 15.8 Å². The number of nitrogen functional groups attached to an aromatic ring is 1. The second-order valence-electron chi connectivity index (χ2n) is 9.55. The molecule has 0 bridgehead atoms. The Morgan fingerprint density at radius 1 is 1.05 bits per heavy atom. The smallest absolute Gasteiger partial charge is 0.316 e. The van der Waals surface area contributed by atoms with Gasteiger partial charge in [-0.25, -0.2) is 8.42 Å². The molecule has 1 saturated carbocycles. The van der Waals surface area contributed by atoms with Crippen LogP contribution < -0.4 is 20.9 Å². The monoisotopic (exact) mass is 543 g/mol. The van der Waals surface area contributed by atoms with E-state index in [0.717, 1.165) is 12.8 Å². The largest absolute Gasteiger partial charge is 0.486 e. The van der Waals surface area contributed by atoms with Crippen molar-refractivity contribution in [2.45, 2.75) is 25.0 Å². The van der Waals surface area contributed by atoms with Crippen LogP contribution in [0.5, 0.6) is 5.75 Å².